The Morgan fingerprint density at radius 1 is 1.39 bits per heavy atom. The van der Waals surface area contributed by atoms with E-state index in [9.17, 15) is 9.50 Å². The quantitative estimate of drug-likeness (QED) is 0.807. The van der Waals surface area contributed by atoms with Crippen LogP contribution in [0, 0.1) is 5.82 Å². The van der Waals surface area contributed by atoms with Crippen LogP contribution in [0.5, 0.6) is 0 Å². The van der Waals surface area contributed by atoms with Gasteiger partial charge in [0.1, 0.15) is 5.82 Å². The van der Waals surface area contributed by atoms with Crippen LogP contribution in [0.1, 0.15) is 19.3 Å². The second kappa shape index (κ2) is 6.11. The van der Waals surface area contributed by atoms with Crippen LogP contribution in [-0.2, 0) is 0 Å². The van der Waals surface area contributed by atoms with Gasteiger partial charge in [0.2, 0.25) is 0 Å². The molecule has 0 spiro atoms. The van der Waals surface area contributed by atoms with E-state index >= 15 is 0 Å². The molecule has 98 valence electrons. The van der Waals surface area contributed by atoms with E-state index < -0.39 is 0 Å². The smallest absolute Gasteiger partial charge is 0.173 e. The lowest BCUT2D eigenvalue weighted by molar-refractivity contribution is 0.149. The molecule has 1 unspecified atom stereocenters. The minimum atomic E-state index is -0.266. The lowest BCUT2D eigenvalue weighted by Crippen LogP contribution is -2.47. The number of hydrogen-bond donors (Lipinski definition) is 2. The van der Waals surface area contributed by atoms with E-state index in [0.29, 0.717) is 5.11 Å². The molecule has 1 heterocycles. The number of nitrogens with one attached hydrogen (secondary N) is 1. The van der Waals surface area contributed by atoms with E-state index in [-0.39, 0.29) is 18.5 Å². The summed E-state index contributed by atoms with van der Waals surface area (Å²) in [6.07, 6.45) is 3.17. The fourth-order valence-electron chi connectivity index (χ4n) is 2.19. The predicted octanol–water partition coefficient (Wildman–Crippen LogP) is 2.37. The van der Waals surface area contributed by atoms with Crippen molar-refractivity contribution in [3.8, 4) is 0 Å². The average molecular weight is 268 g/mol. The summed E-state index contributed by atoms with van der Waals surface area (Å²) in [6, 6.07) is 6.19. The molecule has 0 amide bonds. The summed E-state index contributed by atoms with van der Waals surface area (Å²) in [5.41, 5.74) is 0.767. The molecule has 0 aliphatic carbocycles. The van der Waals surface area contributed by atoms with E-state index in [1.165, 1.54) is 12.1 Å². The number of anilines is 1. The Labute approximate surface area is 112 Å². The minimum absolute atomic E-state index is 0.0965. The summed E-state index contributed by atoms with van der Waals surface area (Å²) < 4.78 is 12.8. The molecular formula is C13H17FN2OS. The van der Waals surface area contributed by atoms with Gasteiger partial charge in [-0.1, -0.05) is 0 Å². The highest BCUT2D eigenvalue weighted by molar-refractivity contribution is 7.80. The first kappa shape index (κ1) is 13.2. The van der Waals surface area contributed by atoms with Crippen LogP contribution in [0.25, 0.3) is 0 Å². The third-order valence-electron chi connectivity index (χ3n) is 3.19. The first-order chi connectivity index (χ1) is 8.70. The van der Waals surface area contributed by atoms with Crippen LogP contribution in [0.4, 0.5) is 10.1 Å². The van der Waals surface area contributed by atoms with Crippen molar-refractivity contribution in [3.05, 3.63) is 30.1 Å². The number of hydrogen-bond acceptors (Lipinski definition) is 2. The maximum absolute atomic E-state index is 12.8. The SMILES string of the molecule is OCC1CCCCN1C(=S)Nc1ccc(F)cc1. The Balaban J connectivity index is 2.00. The van der Waals surface area contributed by atoms with Gasteiger partial charge in [-0.15, -0.1) is 0 Å². The minimum Gasteiger partial charge on any atom is -0.394 e. The molecule has 3 nitrogen and oxygen atoms in total. The fourth-order valence-corrected chi connectivity index (χ4v) is 2.54. The second-order valence-corrected chi connectivity index (χ2v) is 4.85. The monoisotopic (exact) mass is 268 g/mol. The van der Waals surface area contributed by atoms with Gasteiger partial charge in [-0.3, -0.25) is 0 Å². The van der Waals surface area contributed by atoms with Crippen LogP contribution >= 0.6 is 12.2 Å². The van der Waals surface area contributed by atoms with Crippen LogP contribution < -0.4 is 5.32 Å². The maximum atomic E-state index is 12.8. The van der Waals surface area contributed by atoms with Gasteiger partial charge in [-0.05, 0) is 55.7 Å². The summed E-state index contributed by atoms with van der Waals surface area (Å²) in [6.45, 7) is 0.976. The standard InChI is InChI=1S/C13H17FN2OS/c14-10-4-6-11(7-5-10)15-13(18)16-8-2-1-3-12(16)9-17/h4-7,12,17H,1-3,8-9H2,(H,15,18). The van der Waals surface area contributed by atoms with Crippen LogP contribution in [0.2, 0.25) is 0 Å². The molecule has 1 aliphatic rings. The van der Waals surface area contributed by atoms with Gasteiger partial charge < -0.3 is 15.3 Å². The molecule has 1 aliphatic heterocycles. The Morgan fingerprint density at radius 3 is 2.78 bits per heavy atom. The third-order valence-corrected chi connectivity index (χ3v) is 3.53. The molecule has 5 heteroatoms. The molecule has 0 saturated carbocycles. The molecule has 1 saturated heterocycles. The topological polar surface area (TPSA) is 35.5 Å². The molecule has 1 fully saturated rings. The van der Waals surface area contributed by atoms with E-state index in [1.54, 1.807) is 12.1 Å². The molecule has 2 rings (SSSR count). The van der Waals surface area contributed by atoms with E-state index in [4.69, 9.17) is 12.2 Å². The molecule has 1 aromatic carbocycles. The maximum Gasteiger partial charge on any atom is 0.173 e. The highest BCUT2D eigenvalue weighted by Gasteiger charge is 2.23. The second-order valence-electron chi connectivity index (χ2n) is 4.46. The van der Waals surface area contributed by atoms with Crippen LogP contribution in [0.3, 0.4) is 0 Å². The molecule has 1 aromatic rings. The van der Waals surface area contributed by atoms with E-state index in [2.05, 4.69) is 5.32 Å². The number of piperidine rings is 1. The molecule has 0 aromatic heterocycles. The normalized spacial score (nSPS) is 19.7. The van der Waals surface area contributed by atoms with Crippen molar-refractivity contribution in [2.75, 3.05) is 18.5 Å². The zero-order valence-corrected chi connectivity index (χ0v) is 10.9. The van der Waals surface area contributed by atoms with Crippen molar-refractivity contribution in [1.29, 1.82) is 0 Å². The van der Waals surface area contributed by atoms with Crippen molar-refractivity contribution in [2.45, 2.75) is 25.3 Å². The Morgan fingerprint density at radius 2 is 2.11 bits per heavy atom. The van der Waals surface area contributed by atoms with Gasteiger partial charge >= 0.3 is 0 Å². The number of halogens is 1. The third kappa shape index (κ3) is 3.17. The summed E-state index contributed by atoms with van der Waals surface area (Å²) >= 11 is 5.34. The lowest BCUT2D eigenvalue weighted by atomic mass is 10.0. The molecule has 0 bridgehead atoms. The van der Waals surface area contributed by atoms with Gasteiger partial charge in [-0.25, -0.2) is 4.39 Å². The first-order valence-corrected chi connectivity index (χ1v) is 6.55. The van der Waals surface area contributed by atoms with Gasteiger partial charge in [-0.2, -0.15) is 0 Å². The Kier molecular flexibility index (Phi) is 4.49. The summed E-state index contributed by atoms with van der Waals surface area (Å²) in [5, 5.41) is 13.0. The molecule has 18 heavy (non-hydrogen) atoms. The highest BCUT2D eigenvalue weighted by atomic mass is 32.1. The van der Waals surface area contributed by atoms with Gasteiger partial charge in [0.25, 0.3) is 0 Å². The van der Waals surface area contributed by atoms with Crippen LogP contribution in [-0.4, -0.2) is 34.3 Å². The number of benzene rings is 1. The summed E-state index contributed by atoms with van der Waals surface area (Å²) in [4.78, 5) is 2.02. The lowest BCUT2D eigenvalue weighted by Gasteiger charge is -2.36. The van der Waals surface area contributed by atoms with Crippen molar-refractivity contribution < 1.29 is 9.50 Å². The number of likely N-dealkylation sites (tertiary alicyclic amines) is 1. The molecule has 2 N–H and O–H groups in total. The number of rotatable bonds is 2. The molecule has 1 atom stereocenters. The largest absolute Gasteiger partial charge is 0.394 e. The van der Waals surface area contributed by atoms with Crippen molar-refractivity contribution in [1.82, 2.24) is 4.90 Å². The number of aliphatic hydroxyl groups is 1. The number of nitrogens with zero attached hydrogens (tertiary/aromatic N) is 1. The zero-order chi connectivity index (χ0) is 13.0. The summed E-state index contributed by atoms with van der Waals surface area (Å²) in [5.74, 6) is -0.266. The number of aliphatic hydroxyl groups excluding tert-OH is 1. The highest BCUT2D eigenvalue weighted by Crippen LogP contribution is 2.18. The number of thiocarbonyl (C=S) groups is 1. The van der Waals surface area contributed by atoms with Crippen molar-refractivity contribution in [2.24, 2.45) is 0 Å². The first-order valence-electron chi connectivity index (χ1n) is 6.15. The van der Waals surface area contributed by atoms with Crippen molar-refractivity contribution in [3.63, 3.8) is 0 Å². The predicted molar refractivity (Wildman–Crippen MR) is 74.1 cm³/mol. The van der Waals surface area contributed by atoms with Gasteiger partial charge in [0, 0.05) is 12.2 Å². The Bertz CT molecular complexity index is 410. The van der Waals surface area contributed by atoms with E-state index in [0.717, 1.165) is 31.5 Å². The zero-order valence-electron chi connectivity index (χ0n) is 10.1. The van der Waals surface area contributed by atoms with Gasteiger partial charge in [0.05, 0.1) is 12.6 Å². The fraction of sp³-hybridized carbons (Fsp3) is 0.462. The van der Waals surface area contributed by atoms with Crippen LogP contribution in [0.15, 0.2) is 24.3 Å². The molecule has 0 radical (unpaired) electrons. The average Bonchev–Trinajstić information content (AvgIpc) is 2.41. The van der Waals surface area contributed by atoms with E-state index in [1.807, 2.05) is 4.90 Å². The Hall–Kier alpha value is -1.20. The van der Waals surface area contributed by atoms with Gasteiger partial charge in [0.15, 0.2) is 5.11 Å². The summed E-state index contributed by atoms with van der Waals surface area (Å²) in [7, 11) is 0. The molecular weight excluding hydrogens is 251 g/mol. The van der Waals surface area contributed by atoms with Crippen molar-refractivity contribution >= 4 is 23.0 Å².